The van der Waals surface area contributed by atoms with Crippen molar-refractivity contribution in [1.82, 2.24) is 0 Å². The van der Waals surface area contributed by atoms with Gasteiger partial charge in [0, 0.05) is 11.3 Å². The van der Waals surface area contributed by atoms with Crippen LogP contribution in [0.3, 0.4) is 0 Å². The minimum atomic E-state index is -0.836. The number of anilines is 1. The van der Waals surface area contributed by atoms with Gasteiger partial charge in [-0.2, -0.15) is 0 Å². The van der Waals surface area contributed by atoms with Crippen LogP contribution >= 0.6 is 11.6 Å². The Morgan fingerprint density at radius 2 is 2.21 bits per heavy atom. The van der Waals surface area contributed by atoms with Crippen LogP contribution in [0.4, 0.5) is 5.69 Å². The van der Waals surface area contributed by atoms with Gasteiger partial charge in [0.05, 0.1) is 5.88 Å². The Balaban J connectivity index is 2.90. The molecule has 0 radical (unpaired) electrons. The van der Waals surface area contributed by atoms with E-state index in [4.69, 9.17) is 11.6 Å². The molecule has 1 unspecified atom stereocenters. The molecule has 1 atom stereocenters. The summed E-state index contributed by atoms with van der Waals surface area (Å²) in [5.74, 6) is 0.0292. The Kier molecular flexibility index (Phi) is 3.92. The molecule has 0 saturated carbocycles. The van der Waals surface area contributed by atoms with E-state index in [2.05, 4.69) is 5.32 Å². The Hall–Kier alpha value is -1.06. The molecule has 0 fully saturated rings. The summed E-state index contributed by atoms with van der Waals surface area (Å²) in [5.41, 5.74) is 1.16. The maximum atomic E-state index is 11.2. The predicted octanol–water partition coefficient (Wildman–Crippen LogP) is 1.86. The van der Waals surface area contributed by atoms with Gasteiger partial charge >= 0.3 is 0 Å². The lowest BCUT2D eigenvalue weighted by Crippen LogP contribution is -2.21. The molecule has 0 aliphatic carbocycles. The normalized spacial score (nSPS) is 12.2. The molecule has 0 amide bonds. The first kappa shape index (κ1) is 11.0. The van der Waals surface area contributed by atoms with Gasteiger partial charge in [0.25, 0.3) is 0 Å². The quantitative estimate of drug-likeness (QED) is 0.456. The number of carbonyl (C=O) groups is 1. The Morgan fingerprint density at radius 1 is 1.57 bits per heavy atom. The highest BCUT2D eigenvalue weighted by Crippen LogP contribution is 2.16. The van der Waals surface area contributed by atoms with Gasteiger partial charge in [-0.05, 0) is 19.1 Å². The summed E-state index contributed by atoms with van der Waals surface area (Å²) in [5, 5.41) is 12.0. The van der Waals surface area contributed by atoms with Gasteiger partial charge in [0.15, 0.2) is 5.78 Å². The summed E-state index contributed by atoms with van der Waals surface area (Å²) < 4.78 is 0. The number of hydrogen-bond acceptors (Lipinski definition) is 3. The number of para-hydroxylation sites is 1. The Bertz CT molecular complexity index is 328. The van der Waals surface area contributed by atoms with E-state index < -0.39 is 6.23 Å². The second-order valence-corrected chi connectivity index (χ2v) is 3.22. The Labute approximate surface area is 87.7 Å². The molecule has 1 aromatic rings. The zero-order valence-corrected chi connectivity index (χ0v) is 8.58. The zero-order valence-electron chi connectivity index (χ0n) is 7.83. The molecule has 1 rings (SSSR count). The zero-order chi connectivity index (χ0) is 10.6. The number of aliphatic hydroxyl groups is 1. The summed E-state index contributed by atoms with van der Waals surface area (Å²) in [4.78, 5) is 11.2. The highest BCUT2D eigenvalue weighted by molar-refractivity contribution is 6.18. The molecule has 0 aliphatic heterocycles. The molecule has 76 valence electrons. The van der Waals surface area contributed by atoms with Crippen LogP contribution in [-0.4, -0.2) is 23.0 Å². The molecular formula is C10H12ClNO2. The van der Waals surface area contributed by atoms with E-state index in [1.54, 1.807) is 24.3 Å². The average molecular weight is 214 g/mol. The van der Waals surface area contributed by atoms with Crippen molar-refractivity contribution in [2.45, 2.75) is 13.2 Å². The van der Waals surface area contributed by atoms with Gasteiger partial charge in [-0.3, -0.25) is 4.79 Å². The van der Waals surface area contributed by atoms with Crippen LogP contribution in [-0.2, 0) is 0 Å². The molecule has 0 aliphatic rings. The van der Waals surface area contributed by atoms with E-state index in [0.29, 0.717) is 11.3 Å². The molecule has 1 aromatic carbocycles. The number of aliphatic hydroxyl groups excluding tert-OH is 1. The third-order valence-corrected chi connectivity index (χ3v) is 2.07. The van der Waals surface area contributed by atoms with Crippen LogP contribution in [0.15, 0.2) is 24.3 Å². The largest absolute Gasteiger partial charge is 0.373 e. The van der Waals surface area contributed by atoms with Crippen molar-refractivity contribution in [3.05, 3.63) is 29.8 Å². The predicted molar refractivity (Wildman–Crippen MR) is 56.8 cm³/mol. The maximum Gasteiger partial charge on any atom is 0.161 e. The fraction of sp³-hybridized carbons (Fsp3) is 0.300. The summed E-state index contributed by atoms with van der Waals surface area (Å²) >= 11 is 5.44. The summed E-state index contributed by atoms with van der Waals surface area (Å²) in [7, 11) is 0. The minimum Gasteiger partial charge on any atom is -0.373 e. The molecule has 0 spiro atoms. The van der Waals surface area contributed by atoms with Crippen LogP contribution in [0, 0.1) is 0 Å². The average Bonchev–Trinajstić information content (AvgIpc) is 2.18. The first-order valence-corrected chi connectivity index (χ1v) is 4.79. The van der Waals surface area contributed by atoms with Gasteiger partial charge in [0.1, 0.15) is 6.23 Å². The van der Waals surface area contributed by atoms with Crippen molar-refractivity contribution in [1.29, 1.82) is 0 Å². The van der Waals surface area contributed by atoms with Crippen LogP contribution in [0.1, 0.15) is 17.3 Å². The summed E-state index contributed by atoms with van der Waals surface area (Å²) in [6, 6.07) is 6.99. The number of rotatable bonds is 4. The third kappa shape index (κ3) is 2.72. The van der Waals surface area contributed by atoms with Crippen molar-refractivity contribution >= 4 is 23.1 Å². The number of benzene rings is 1. The van der Waals surface area contributed by atoms with Crippen molar-refractivity contribution in [2.75, 3.05) is 11.2 Å². The fourth-order valence-electron chi connectivity index (χ4n) is 1.13. The molecule has 2 N–H and O–H groups in total. The van der Waals surface area contributed by atoms with Crippen molar-refractivity contribution in [2.24, 2.45) is 0 Å². The lowest BCUT2D eigenvalue weighted by atomic mass is 10.1. The van der Waals surface area contributed by atoms with Crippen LogP contribution in [0.25, 0.3) is 0 Å². The molecule has 0 bridgehead atoms. The van der Waals surface area contributed by atoms with Gasteiger partial charge < -0.3 is 10.4 Å². The molecule has 4 heteroatoms. The smallest absolute Gasteiger partial charge is 0.161 e. The second kappa shape index (κ2) is 4.98. The number of halogens is 1. The van der Waals surface area contributed by atoms with E-state index in [0.717, 1.165) is 0 Å². The molecule has 0 aromatic heterocycles. The van der Waals surface area contributed by atoms with Crippen LogP contribution < -0.4 is 5.32 Å². The number of carbonyl (C=O) groups excluding carboxylic acids is 1. The molecular weight excluding hydrogens is 202 g/mol. The standard InChI is InChI=1S/C10H12ClNO2/c1-7(13)8-4-2-3-5-9(8)12-10(14)6-11/h2-5,10,12,14H,6H2,1H3. The SMILES string of the molecule is CC(=O)c1ccccc1NC(O)CCl. The summed E-state index contributed by atoms with van der Waals surface area (Å²) in [6.45, 7) is 1.48. The maximum absolute atomic E-state index is 11.2. The van der Waals surface area contributed by atoms with Gasteiger partial charge in [-0.25, -0.2) is 0 Å². The van der Waals surface area contributed by atoms with Crippen molar-refractivity contribution in [3.8, 4) is 0 Å². The lowest BCUT2D eigenvalue weighted by Gasteiger charge is -2.13. The van der Waals surface area contributed by atoms with Crippen molar-refractivity contribution in [3.63, 3.8) is 0 Å². The molecule has 3 nitrogen and oxygen atoms in total. The van der Waals surface area contributed by atoms with Gasteiger partial charge in [0.2, 0.25) is 0 Å². The second-order valence-electron chi connectivity index (χ2n) is 2.92. The van der Waals surface area contributed by atoms with E-state index >= 15 is 0 Å². The Morgan fingerprint density at radius 3 is 2.79 bits per heavy atom. The summed E-state index contributed by atoms with van der Waals surface area (Å²) in [6.07, 6.45) is -0.836. The number of nitrogens with one attached hydrogen (secondary N) is 1. The highest BCUT2D eigenvalue weighted by Gasteiger charge is 2.08. The molecule has 0 saturated heterocycles. The number of hydrogen-bond donors (Lipinski definition) is 2. The van der Waals surface area contributed by atoms with E-state index in [9.17, 15) is 9.90 Å². The van der Waals surface area contributed by atoms with E-state index in [1.807, 2.05) is 0 Å². The minimum absolute atomic E-state index is 0.0464. The fourth-order valence-corrected chi connectivity index (χ4v) is 1.21. The van der Waals surface area contributed by atoms with Crippen molar-refractivity contribution < 1.29 is 9.90 Å². The van der Waals surface area contributed by atoms with Crippen LogP contribution in [0.2, 0.25) is 0 Å². The molecule has 0 heterocycles. The molecule has 14 heavy (non-hydrogen) atoms. The first-order chi connectivity index (χ1) is 6.65. The first-order valence-electron chi connectivity index (χ1n) is 4.25. The van der Waals surface area contributed by atoms with Gasteiger partial charge in [-0.1, -0.05) is 12.1 Å². The lowest BCUT2D eigenvalue weighted by molar-refractivity contribution is 0.101. The number of alkyl halides is 1. The number of ketones is 1. The van der Waals surface area contributed by atoms with E-state index in [-0.39, 0.29) is 11.7 Å². The van der Waals surface area contributed by atoms with Crippen LogP contribution in [0.5, 0.6) is 0 Å². The number of Topliss-reactive ketones (excluding diaryl/α,β-unsaturated/α-hetero) is 1. The topological polar surface area (TPSA) is 49.3 Å². The highest BCUT2D eigenvalue weighted by atomic mass is 35.5. The monoisotopic (exact) mass is 213 g/mol. The third-order valence-electron chi connectivity index (χ3n) is 1.77. The van der Waals surface area contributed by atoms with E-state index in [1.165, 1.54) is 6.92 Å². The van der Waals surface area contributed by atoms with Gasteiger partial charge in [-0.15, -0.1) is 11.6 Å².